The van der Waals surface area contributed by atoms with Crippen molar-refractivity contribution >= 4 is 0 Å². The van der Waals surface area contributed by atoms with Crippen LogP contribution in [0.3, 0.4) is 0 Å². The summed E-state index contributed by atoms with van der Waals surface area (Å²) in [5.74, 6) is 1.78. The van der Waals surface area contributed by atoms with E-state index >= 15 is 0 Å². The highest BCUT2D eigenvalue weighted by atomic mass is 14.7. The SMILES string of the molecule is CC1C(C)C2(C)CCC2(C)C1(C)C. The number of hydrogen-bond acceptors (Lipinski definition) is 0. The molecule has 4 atom stereocenters. The minimum Gasteiger partial charge on any atom is -0.0617 e. The minimum absolute atomic E-state index is 0.541. The lowest BCUT2D eigenvalue weighted by molar-refractivity contribution is -0.0988. The van der Waals surface area contributed by atoms with Crippen LogP contribution in [0.4, 0.5) is 0 Å². The lowest BCUT2D eigenvalue weighted by Gasteiger charge is -2.59. The maximum absolute atomic E-state index is 2.52. The van der Waals surface area contributed by atoms with E-state index in [9.17, 15) is 0 Å². The highest BCUT2D eigenvalue weighted by molar-refractivity contribution is 5.18. The van der Waals surface area contributed by atoms with Crippen LogP contribution in [0.15, 0.2) is 0 Å². The second-order valence-corrected chi connectivity index (χ2v) is 6.55. The van der Waals surface area contributed by atoms with Crippen LogP contribution in [0.25, 0.3) is 0 Å². The molecule has 0 spiro atoms. The van der Waals surface area contributed by atoms with E-state index in [-0.39, 0.29) is 0 Å². The van der Waals surface area contributed by atoms with Gasteiger partial charge in [-0.05, 0) is 40.9 Å². The summed E-state index contributed by atoms with van der Waals surface area (Å²) < 4.78 is 0. The van der Waals surface area contributed by atoms with Gasteiger partial charge >= 0.3 is 0 Å². The lowest BCUT2D eigenvalue weighted by Crippen LogP contribution is -2.51. The first-order valence-electron chi connectivity index (χ1n) is 5.77. The third-order valence-corrected chi connectivity index (χ3v) is 6.72. The van der Waals surface area contributed by atoms with Crippen molar-refractivity contribution in [2.24, 2.45) is 28.1 Å². The average Bonchev–Trinajstić information content (AvgIpc) is 2.13. The zero-order valence-corrected chi connectivity index (χ0v) is 10.1. The molecule has 2 fully saturated rings. The van der Waals surface area contributed by atoms with E-state index in [0.717, 1.165) is 11.8 Å². The van der Waals surface area contributed by atoms with E-state index in [0.29, 0.717) is 16.2 Å². The molecule has 4 unspecified atom stereocenters. The smallest absolute Gasteiger partial charge is 0.0215 e. The Labute approximate surface area is 83.1 Å². The molecular weight excluding hydrogens is 156 g/mol. The van der Waals surface area contributed by atoms with Gasteiger partial charge in [0.15, 0.2) is 0 Å². The Hall–Kier alpha value is 0. The minimum atomic E-state index is 0.541. The summed E-state index contributed by atoms with van der Waals surface area (Å²) in [7, 11) is 0. The molecule has 0 heterocycles. The standard InChI is InChI=1S/C13H24/c1-9-10(2)12(5)7-8-13(12,6)11(9,3)4/h9-10H,7-8H2,1-6H3. The Bertz CT molecular complexity index is 223. The van der Waals surface area contributed by atoms with Gasteiger partial charge < -0.3 is 0 Å². The van der Waals surface area contributed by atoms with Crippen molar-refractivity contribution in [1.82, 2.24) is 0 Å². The van der Waals surface area contributed by atoms with Gasteiger partial charge in [-0.1, -0.05) is 41.5 Å². The normalized spacial score (nSPS) is 58.6. The first-order chi connectivity index (χ1) is 5.77. The van der Waals surface area contributed by atoms with Gasteiger partial charge in [-0.15, -0.1) is 0 Å². The summed E-state index contributed by atoms with van der Waals surface area (Å²) >= 11 is 0. The van der Waals surface area contributed by atoms with Gasteiger partial charge in [0.2, 0.25) is 0 Å². The number of rotatable bonds is 0. The molecule has 0 N–H and O–H groups in total. The molecule has 0 aliphatic heterocycles. The summed E-state index contributed by atoms with van der Waals surface area (Å²) in [6, 6.07) is 0. The van der Waals surface area contributed by atoms with Crippen LogP contribution >= 0.6 is 0 Å². The van der Waals surface area contributed by atoms with Crippen LogP contribution in [0.1, 0.15) is 54.4 Å². The summed E-state index contributed by atoms with van der Waals surface area (Å²) in [5, 5.41) is 0. The molecule has 0 saturated heterocycles. The Morgan fingerprint density at radius 1 is 0.846 bits per heavy atom. The van der Waals surface area contributed by atoms with Crippen molar-refractivity contribution in [3.8, 4) is 0 Å². The van der Waals surface area contributed by atoms with Crippen LogP contribution in [0.5, 0.6) is 0 Å². The molecule has 0 nitrogen and oxygen atoms in total. The fourth-order valence-corrected chi connectivity index (χ4v) is 4.36. The van der Waals surface area contributed by atoms with Crippen molar-refractivity contribution in [2.45, 2.75) is 54.4 Å². The first-order valence-corrected chi connectivity index (χ1v) is 5.77. The maximum atomic E-state index is 2.52. The molecule has 0 radical (unpaired) electrons. The first kappa shape index (κ1) is 9.55. The zero-order valence-electron chi connectivity index (χ0n) is 10.1. The third kappa shape index (κ3) is 0.714. The molecule has 0 aromatic rings. The Kier molecular flexibility index (Phi) is 1.58. The molecule has 0 amide bonds. The highest BCUT2D eigenvalue weighted by Gasteiger charge is 2.69. The topological polar surface area (TPSA) is 0 Å². The molecule has 2 aliphatic carbocycles. The molecular formula is C13H24. The monoisotopic (exact) mass is 180 g/mol. The molecule has 2 rings (SSSR count). The maximum Gasteiger partial charge on any atom is -0.0215 e. The van der Waals surface area contributed by atoms with Gasteiger partial charge in [0, 0.05) is 0 Å². The molecule has 2 aliphatic rings. The molecule has 2 saturated carbocycles. The van der Waals surface area contributed by atoms with Crippen LogP contribution < -0.4 is 0 Å². The van der Waals surface area contributed by atoms with E-state index in [2.05, 4.69) is 41.5 Å². The van der Waals surface area contributed by atoms with E-state index in [1.807, 2.05) is 0 Å². The third-order valence-electron chi connectivity index (χ3n) is 6.72. The second-order valence-electron chi connectivity index (χ2n) is 6.55. The van der Waals surface area contributed by atoms with Crippen molar-refractivity contribution in [2.75, 3.05) is 0 Å². The molecule has 0 aromatic carbocycles. The summed E-state index contributed by atoms with van der Waals surface area (Å²) in [6.07, 6.45) is 2.91. The molecule has 76 valence electrons. The molecule has 0 aromatic heterocycles. The number of hydrogen-bond donors (Lipinski definition) is 0. The Morgan fingerprint density at radius 2 is 1.38 bits per heavy atom. The fraction of sp³-hybridized carbons (Fsp3) is 1.00. The Morgan fingerprint density at radius 3 is 1.54 bits per heavy atom. The van der Waals surface area contributed by atoms with Crippen LogP contribution in [-0.2, 0) is 0 Å². The predicted octanol–water partition coefficient (Wildman–Crippen LogP) is 4.10. The summed E-state index contributed by atoms with van der Waals surface area (Å²) in [5.41, 5.74) is 1.79. The van der Waals surface area contributed by atoms with E-state index in [1.54, 1.807) is 0 Å². The average molecular weight is 180 g/mol. The molecule has 13 heavy (non-hydrogen) atoms. The predicted molar refractivity (Wildman–Crippen MR) is 57.6 cm³/mol. The van der Waals surface area contributed by atoms with Gasteiger partial charge in [0.1, 0.15) is 0 Å². The quantitative estimate of drug-likeness (QED) is 0.526. The zero-order chi connectivity index (χ0) is 10.1. The van der Waals surface area contributed by atoms with E-state index in [1.165, 1.54) is 12.8 Å². The van der Waals surface area contributed by atoms with Crippen molar-refractivity contribution in [1.29, 1.82) is 0 Å². The fourth-order valence-electron chi connectivity index (χ4n) is 4.36. The van der Waals surface area contributed by atoms with Gasteiger partial charge in [0.25, 0.3) is 0 Å². The largest absolute Gasteiger partial charge is 0.0617 e. The molecule has 0 heteroatoms. The summed E-state index contributed by atoms with van der Waals surface area (Å²) in [6.45, 7) is 14.9. The van der Waals surface area contributed by atoms with Crippen molar-refractivity contribution in [3.05, 3.63) is 0 Å². The van der Waals surface area contributed by atoms with Crippen molar-refractivity contribution in [3.63, 3.8) is 0 Å². The van der Waals surface area contributed by atoms with Gasteiger partial charge in [-0.2, -0.15) is 0 Å². The van der Waals surface area contributed by atoms with Crippen molar-refractivity contribution < 1.29 is 0 Å². The summed E-state index contributed by atoms with van der Waals surface area (Å²) in [4.78, 5) is 0. The lowest BCUT2D eigenvalue weighted by atomic mass is 9.46. The van der Waals surface area contributed by atoms with E-state index in [4.69, 9.17) is 0 Å². The van der Waals surface area contributed by atoms with E-state index < -0.39 is 0 Å². The van der Waals surface area contributed by atoms with Crippen LogP contribution in [0, 0.1) is 28.1 Å². The van der Waals surface area contributed by atoms with Gasteiger partial charge in [-0.3, -0.25) is 0 Å². The number of fused-ring (bicyclic) bond motifs is 1. The van der Waals surface area contributed by atoms with Crippen LogP contribution in [0.2, 0.25) is 0 Å². The van der Waals surface area contributed by atoms with Crippen LogP contribution in [-0.4, -0.2) is 0 Å². The second kappa shape index (κ2) is 2.15. The highest BCUT2D eigenvalue weighted by Crippen LogP contribution is 2.77. The Balaban J connectivity index is 2.47. The van der Waals surface area contributed by atoms with Gasteiger partial charge in [0.05, 0.1) is 0 Å². The molecule has 0 bridgehead atoms. The van der Waals surface area contributed by atoms with Gasteiger partial charge in [-0.25, -0.2) is 0 Å².